The molecule has 10 atom stereocenters. The Bertz CT molecular complexity index is 1220. The van der Waals surface area contributed by atoms with Gasteiger partial charge in [0, 0.05) is 17.7 Å². The lowest BCUT2D eigenvalue weighted by Crippen LogP contribution is -2.63. The van der Waals surface area contributed by atoms with Crippen molar-refractivity contribution in [1.29, 1.82) is 0 Å². The molecule has 1 unspecified atom stereocenters. The molecule has 2 fully saturated rings. The Hall–Kier alpha value is -3.18. The number of rotatable bonds is 6. The van der Waals surface area contributed by atoms with E-state index < -0.39 is 74.6 Å². The van der Waals surface area contributed by atoms with Crippen molar-refractivity contribution in [3.05, 3.63) is 53.3 Å². The molecule has 3 heterocycles. The van der Waals surface area contributed by atoms with Crippen LogP contribution in [-0.2, 0) is 18.9 Å². The van der Waals surface area contributed by atoms with Gasteiger partial charge in [0.05, 0.1) is 18.8 Å². The van der Waals surface area contributed by atoms with Gasteiger partial charge < -0.3 is 69.6 Å². The Balaban J connectivity index is 1.50. The average Bonchev–Trinajstić information content (AvgIpc) is 2.93. The number of fused-ring (bicyclic) bond motifs is 1. The molecule has 40 heavy (non-hydrogen) atoms. The molecule has 0 aliphatic carbocycles. The zero-order valence-corrected chi connectivity index (χ0v) is 20.8. The summed E-state index contributed by atoms with van der Waals surface area (Å²) in [6, 6.07) is 8.24. The smallest absolute Gasteiger partial charge is 0.229 e. The normalized spacial score (nSPS) is 35.8. The van der Waals surface area contributed by atoms with E-state index in [9.17, 15) is 46.0 Å². The molecule has 0 aromatic heterocycles. The first-order valence-electron chi connectivity index (χ1n) is 12.4. The van der Waals surface area contributed by atoms with Crippen molar-refractivity contribution >= 4 is 6.08 Å². The van der Waals surface area contributed by atoms with E-state index in [2.05, 4.69) is 0 Å². The van der Waals surface area contributed by atoms with Crippen LogP contribution >= 0.6 is 0 Å². The zero-order valence-electron chi connectivity index (χ0n) is 20.8. The summed E-state index contributed by atoms with van der Waals surface area (Å²) in [6.45, 7) is -1.11. The Morgan fingerprint density at radius 2 is 1.55 bits per heavy atom. The van der Waals surface area contributed by atoms with Gasteiger partial charge in [-0.3, -0.25) is 0 Å². The molecule has 218 valence electrons. The minimum Gasteiger partial charge on any atom is -0.508 e. The quantitative estimate of drug-likeness (QED) is 0.195. The lowest BCUT2D eigenvalue weighted by atomic mass is 9.98. The van der Waals surface area contributed by atoms with Crippen molar-refractivity contribution in [1.82, 2.24) is 0 Å². The third-order valence-electron chi connectivity index (χ3n) is 6.91. The van der Waals surface area contributed by atoms with E-state index >= 15 is 0 Å². The maximum absolute atomic E-state index is 10.9. The molecule has 2 saturated heterocycles. The first-order chi connectivity index (χ1) is 19.1. The summed E-state index contributed by atoms with van der Waals surface area (Å²) in [7, 11) is 0. The molecule has 0 amide bonds. The molecule has 0 saturated carbocycles. The van der Waals surface area contributed by atoms with Crippen molar-refractivity contribution in [3.63, 3.8) is 0 Å². The van der Waals surface area contributed by atoms with E-state index in [0.29, 0.717) is 5.56 Å². The largest absolute Gasteiger partial charge is 0.508 e. The summed E-state index contributed by atoms with van der Waals surface area (Å²) in [4.78, 5) is 0. The van der Waals surface area contributed by atoms with E-state index in [-0.39, 0.29) is 34.3 Å². The molecule has 5 rings (SSSR count). The van der Waals surface area contributed by atoms with Crippen LogP contribution in [0.5, 0.6) is 23.0 Å². The Morgan fingerprint density at radius 1 is 0.825 bits per heavy atom. The second-order valence-electron chi connectivity index (χ2n) is 9.69. The predicted octanol–water partition coefficient (Wildman–Crippen LogP) is -1.44. The molecule has 0 spiro atoms. The van der Waals surface area contributed by atoms with Crippen LogP contribution in [0.15, 0.2) is 42.2 Å². The van der Waals surface area contributed by atoms with Crippen LogP contribution in [0, 0.1) is 0 Å². The maximum Gasteiger partial charge on any atom is 0.229 e. The zero-order chi connectivity index (χ0) is 28.7. The fourth-order valence-electron chi connectivity index (χ4n) is 4.70. The van der Waals surface area contributed by atoms with Crippen LogP contribution in [0.4, 0.5) is 0 Å². The van der Waals surface area contributed by atoms with Crippen molar-refractivity contribution in [2.75, 3.05) is 13.2 Å². The van der Waals surface area contributed by atoms with Gasteiger partial charge in [-0.15, -0.1) is 0 Å². The van der Waals surface area contributed by atoms with Crippen LogP contribution in [0.2, 0.25) is 0 Å². The summed E-state index contributed by atoms with van der Waals surface area (Å²) in [5.74, 6) is -0.516. The molecular weight excluding hydrogens is 536 g/mol. The topological polar surface area (TPSA) is 228 Å². The Morgan fingerprint density at radius 3 is 2.25 bits per heavy atom. The highest BCUT2D eigenvalue weighted by Crippen LogP contribution is 2.45. The second-order valence-corrected chi connectivity index (χ2v) is 9.69. The van der Waals surface area contributed by atoms with Gasteiger partial charge in [-0.25, -0.2) is 0 Å². The van der Waals surface area contributed by atoms with Crippen LogP contribution in [-0.4, -0.2) is 114 Å². The molecule has 3 aliphatic rings. The molecule has 0 bridgehead atoms. The van der Waals surface area contributed by atoms with Crippen LogP contribution in [0.1, 0.15) is 17.2 Å². The summed E-state index contributed by atoms with van der Waals surface area (Å²) < 4.78 is 28.8. The SMILES string of the molecule is OC[C@@H]1O[C@@H](OC2=Cc3c(O)cc(O)cc3OC2c2ccc(O)cc2)[C@H](O[C@@H]2OC[C@@H](O)[C@@H](O)[C@@H]2O)[C@H](O)[C@H]1O. The molecule has 9 N–H and O–H groups in total. The minimum atomic E-state index is -1.74. The number of ether oxygens (including phenoxy) is 5. The summed E-state index contributed by atoms with van der Waals surface area (Å²) >= 11 is 0. The fraction of sp³-hybridized carbons (Fsp3) is 0.462. The minimum absolute atomic E-state index is 0.00127. The van der Waals surface area contributed by atoms with Gasteiger partial charge in [0.25, 0.3) is 0 Å². The third kappa shape index (κ3) is 5.41. The lowest BCUT2D eigenvalue weighted by Gasteiger charge is -2.45. The van der Waals surface area contributed by atoms with Crippen molar-refractivity contribution in [2.45, 2.75) is 61.4 Å². The number of aromatic hydroxyl groups is 3. The highest BCUT2D eigenvalue weighted by Gasteiger charge is 2.50. The van der Waals surface area contributed by atoms with Crippen LogP contribution < -0.4 is 4.74 Å². The molecular formula is C26H30O14. The van der Waals surface area contributed by atoms with E-state index in [4.69, 9.17) is 23.7 Å². The highest BCUT2D eigenvalue weighted by molar-refractivity contribution is 5.69. The Labute approximate surface area is 227 Å². The van der Waals surface area contributed by atoms with Gasteiger partial charge in [-0.2, -0.15) is 0 Å². The first-order valence-corrected chi connectivity index (χ1v) is 12.4. The van der Waals surface area contributed by atoms with Gasteiger partial charge in [-0.1, -0.05) is 12.1 Å². The van der Waals surface area contributed by atoms with Gasteiger partial charge in [0.1, 0.15) is 65.4 Å². The number of benzene rings is 2. The molecule has 3 aliphatic heterocycles. The van der Waals surface area contributed by atoms with Crippen molar-refractivity contribution < 1.29 is 69.6 Å². The number of hydrogen-bond acceptors (Lipinski definition) is 14. The van der Waals surface area contributed by atoms with E-state index in [0.717, 1.165) is 6.07 Å². The predicted molar refractivity (Wildman–Crippen MR) is 131 cm³/mol. The summed E-state index contributed by atoms with van der Waals surface area (Å²) in [5.41, 5.74) is 0.604. The number of hydrogen-bond donors (Lipinski definition) is 9. The van der Waals surface area contributed by atoms with E-state index in [1.54, 1.807) is 0 Å². The molecule has 2 aromatic carbocycles. The molecule has 14 heteroatoms. The fourth-order valence-corrected chi connectivity index (χ4v) is 4.70. The standard InChI is InChI=1S/C26H30O14/c27-8-18-20(33)21(34)24(40-25-22(35)19(32)15(31)9-36-25)26(39-18)38-17-7-13-14(30)5-12(29)6-16(13)37-23(17)10-1-3-11(28)4-2-10/h1-7,15,18-35H,8-9H2/t15-,18+,19-,20+,21-,22+,23?,24-,25+,26-/m1/s1. The Kier molecular flexibility index (Phi) is 8.05. The number of aliphatic hydroxyl groups is 6. The monoisotopic (exact) mass is 566 g/mol. The van der Waals surface area contributed by atoms with Crippen LogP contribution in [0.25, 0.3) is 6.08 Å². The highest BCUT2D eigenvalue weighted by atomic mass is 16.8. The average molecular weight is 567 g/mol. The van der Waals surface area contributed by atoms with Gasteiger partial charge in [-0.05, 0) is 18.2 Å². The third-order valence-corrected chi connectivity index (χ3v) is 6.91. The lowest BCUT2D eigenvalue weighted by molar-refractivity contribution is -0.352. The maximum atomic E-state index is 10.9. The molecule has 2 aromatic rings. The molecule has 0 radical (unpaired) electrons. The number of aliphatic hydroxyl groups excluding tert-OH is 6. The van der Waals surface area contributed by atoms with Gasteiger partial charge in [0.15, 0.2) is 18.5 Å². The summed E-state index contributed by atoms with van der Waals surface area (Å²) in [6.07, 6.45) is -13.8. The van der Waals surface area contributed by atoms with Gasteiger partial charge in [0.2, 0.25) is 6.29 Å². The second kappa shape index (κ2) is 11.4. The summed E-state index contributed by atoms with van der Waals surface area (Å²) in [5, 5.41) is 91.3. The van der Waals surface area contributed by atoms with Crippen LogP contribution in [0.3, 0.4) is 0 Å². The van der Waals surface area contributed by atoms with Crippen molar-refractivity contribution in [3.8, 4) is 23.0 Å². The van der Waals surface area contributed by atoms with E-state index in [1.165, 1.54) is 36.4 Å². The number of phenols is 3. The van der Waals surface area contributed by atoms with Crippen molar-refractivity contribution in [2.24, 2.45) is 0 Å². The van der Waals surface area contributed by atoms with Gasteiger partial charge >= 0.3 is 0 Å². The molecule has 14 nitrogen and oxygen atoms in total. The number of phenolic OH excluding ortho intramolecular Hbond substituents is 3. The van der Waals surface area contributed by atoms with E-state index in [1.807, 2.05) is 0 Å². The first kappa shape index (κ1) is 28.4.